The fourth-order valence-corrected chi connectivity index (χ4v) is 5.46. The zero-order chi connectivity index (χ0) is 28.9. The largest absolute Gasteiger partial charge is 0.478 e. The summed E-state index contributed by atoms with van der Waals surface area (Å²) >= 11 is 1.35. The summed E-state index contributed by atoms with van der Waals surface area (Å²) in [5.41, 5.74) is 0.757. The predicted molar refractivity (Wildman–Crippen MR) is 150 cm³/mol. The smallest absolute Gasteiger partial charge is 0.336 e. The number of nitrogens with zero attached hydrogens (tertiary/aromatic N) is 2. The van der Waals surface area contributed by atoms with Gasteiger partial charge in [-0.3, -0.25) is 14.5 Å². The van der Waals surface area contributed by atoms with Crippen molar-refractivity contribution in [2.24, 2.45) is 0 Å². The van der Waals surface area contributed by atoms with Gasteiger partial charge in [-0.1, -0.05) is 12.1 Å². The van der Waals surface area contributed by atoms with Crippen LogP contribution in [0.4, 0.5) is 5.69 Å². The Kier molecular flexibility index (Phi) is 8.41. The maximum atomic E-state index is 12.9. The molecule has 41 heavy (non-hydrogen) atoms. The number of carbonyl (C=O) groups excluding carboxylic acids is 2. The molecule has 0 bridgehead atoms. The average molecular weight is 578 g/mol. The fraction of sp³-hybridized carbons (Fsp3) is 0.241. The molecule has 3 N–H and O–H groups in total. The fourth-order valence-electron chi connectivity index (χ4n) is 4.60. The second kappa shape index (κ2) is 12.3. The molecule has 0 unspecified atom stereocenters. The van der Waals surface area contributed by atoms with Crippen LogP contribution in [0.2, 0.25) is 0 Å². The first-order chi connectivity index (χ1) is 19.8. The summed E-state index contributed by atoms with van der Waals surface area (Å²) in [6.45, 7) is 3.80. The molecular weight excluding hydrogens is 550 g/mol. The molecule has 0 aromatic heterocycles. The Balaban J connectivity index is 1.12. The molecule has 3 aromatic carbocycles. The number of fused-ring (bicyclic) bond motifs is 1. The number of hydrogen-bond donors (Lipinski definition) is 3. The number of carboxylic acids is 2. The molecule has 0 saturated carbocycles. The van der Waals surface area contributed by atoms with Crippen LogP contribution in [0.25, 0.3) is 0 Å². The molecule has 2 heterocycles. The van der Waals surface area contributed by atoms with Crippen molar-refractivity contribution in [1.82, 2.24) is 9.80 Å². The quantitative estimate of drug-likeness (QED) is 0.323. The third kappa shape index (κ3) is 6.79. The van der Waals surface area contributed by atoms with Gasteiger partial charge in [-0.05, 0) is 54.1 Å². The SMILES string of the molecule is O=C(O)c1ccc(C(=O)Nc2cccc(SCC(=O)N3CCN(Cc4ccc5c(c4)OCO5)CC3)c2)c(C(=O)O)c1. The Hall–Kier alpha value is -4.55. The van der Waals surface area contributed by atoms with E-state index in [4.69, 9.17) is 14.6 Å². The Bertz CT molecular complexity index is 1500. The number of carboxylic acid groups (broad SMARTS) is 2. The molecule has 0 radical (unpaired) electrons. The summed E-state index contributed by atoms with van der Waals surface area (Å²) < 4.78 is 10.8. The van der Waals surface area contributed by atoms with Crippen molar-refractivity contribution in [3.05, 3.63) is 82.9 Å². The van der Waals surface area contributed by atoms with Gasteiger partial charge in [0.2, 0.25) is 12.7 Å². The van der Waals surface area contributed by atoms with Crippen LogP contribution in [-0.4, -0.2) is 82.5 Å². The van der Waals surface area contributed by atoms with Crippen LogP contribution >= 0.6 is 11.8 Å². The normalized spacial score (nSPS) is 14.5. The lowest BCUT2D eigenvalue weighted by molar-refractivity contribution is -0.130. The first-order valence-corrected chi connectivity index (χ1v) is 13.8. The van der Waals surface area contributed by atoms with Crippen LogP contribution in [0.1, 0.15) is 36.6 Å². The minimum absolute atomic E-state index is 0.0248. The van der Waals surface area contributed by atoms with E-state index in [0.717, 1.165) is 47.7 Å². The van der Waals surface area contributed by atoms with E-state index in [2.05, 4.69) is 10.2 Å². The molecule has 5 rings (SSSR count). The molecule has 212 valence electrons. The summed E-state index contributed by atoms with van der Waals surface area (Å²) in [7, 11) is 0. The Labute approximate surface area is 239 Å². The number of piperazine rings is 1. The van der Waals surface area contributed by atoms with Gasteiger partial charge in [0.1, 0.15) is 0 Å². The number of benzene rings is 3. The maximum absolute atomic E-state index is 12.9. The number of ether oxygens (including phenoxy) is 2. The molecule has 3 aromatic rings. The number of thioether (sulfide) groups is 1. The van der Waals surface area contributed by atoms with Crippen LogP contribution in [0, 0.1) is 0 Å². The number of amides is 2. The number of rotatable bonds is 9. The van der Waals surface area contributed by atoms with Gasteiger partial charge >= 0.3 is 11.9 Å². The lowest BCUT2D eigenvalue weighted by Crippen LogP contribution is -2.48. The molecule has 0 aliphatic carbocycles. The third-order valence-electron chi connectivity index (χ3n) is 6.76. The number of aromatic carboxylic acids is 2. The van der Waals surface area contributed by atoms with Crippen molar-refractivity contribution >= 4 is 41.2 Å². The summed E-state index contributed by atoms with van der Waals surface area (Å²) in [5, 5.41) is 21.2. The lowest BCUT2D eigenvalue weighted by Gasteiger charge is -2.34. The highest BCUT2D eigenvalue weighted by atomic mass is 32.2. The van der Waals surface area contributed by atoms with Gasteiger partial charge in [0.25, 0.3) is 5.91 Å². The molecule has 1 saturated heterocycles. The van der Waals surface area contributed by atoms with Crippen LogP contribution in [0.3, 0.4) is 0 Å². The number of hydrogen-bond acceptors (Lipinski definition) is 8. The molecule has 0 spiro atoms. The molecule has 2 aliphatic rings. The standard InChI is InChI=1S/C29H27N3O8S/c33-26(32-10-8-31(9-11-32)15-18-4-7-24-25(12-18)40-17-39-24)16-41-21-3-1-2-20(14-21)30-27(34)22-6-5-19(28(35)36)13-23(22)29(37)38/h1-7,12-14H,8-11,15-17H2,(H,30,34)(H,35,36)(H,37,38). The van der Waals surface area contributed by atoms with Crippen LogP contribution in [0.5, 0.6) is 11.5 Å². The summed E-state index contributed by atoms with van der Waals surface area (Å²) in [6, 6.07) is 16.1. The van der Waals surface area contributed by atoms with Gasteiger partial charge in [-0.2, -0.15) is 0 Å². The number of nitrogens with one attached hydrogen (secondary N) is 1. The zero-order valence-electron chi connectivity index (χ0n) is 21.9. The lowest BCUT2D eigenvalue weighted by atomic mass is 10.0. The minimum Gasteiger partial charge on any atom is -0.478 e. The Morgan fingerprint density at radius 2 is 1.61 bits per heavy atom. The second-order valence-corrected chi connectivity index (χ2v) is 10.5. The topological polar surface area (TPSA) is 146 Å². The van der Waals surface area contributed by atoms with E-state index in [1.165, 1.54) is 23.9 Å². The number of anilines is 1. The van der Waals surface area contributed by atoms with Crippen LogP contribution < -0.4 is 14.8 Å². The molecule has 2 amide bonds. The van der Waals surface area contributed by atoms with E-state index in [9.17, 15) is 24.3 Å². The van der Waals surface area contributed by atoms with Crippen molar-refractivity contribution in [1.29, 1.82) is 0 Å². The van der Waals surface area contributed by atoms with E-state index in [1.807, 2.05) is 29.2 Å². The van der Waals surface area contributed by atoms with E-state index in [1.54, 1.807) is 18.2 Å². The van der Waals surface area contributed by atoms with Crippen molar-refractivity contribution < 1.29 is 38.9 Å². The third-order valence-corrected chi connectivity index (χ3v) is 7.74. The van der Waals surface area contributed by atoms with E-state index < -0.39 is 23.4 Å². The summed E-state index contributed by atoms with van der Waals surface area (Å²) in [5.74, 6) is -1.60. The van der Waals surface area contributed by atoms with Gasteiger partial charge in [0.05, 0.1) is 22.4 Å². The zero-order valence-corrected chi connectivity index (χ0v) is 22.7. The van der Waals surface area contributed by atoms with Gasteiger partial charge < -0.3 is 29.9 Å². The molecule has 1 fully saturated rings. The van der Waals surface area contributed by atoms with E-state index >= 15 is 0 Å². The van der Waals surface area contributed by atoms with Crippen LogP contribution in [-0.2, 0) is 11.3 Å². The van der Waals surface area contributed by atoms with Gasteiger partial charge in [0.15, 0.2) is 11.5 Å². The van der Waals surface area contributed by atoms with Gasteiger partial charge in [-0.15, -0.1) is 11.8 Å². The molecule has 12 heteroatoms. The molecule has 0 atom stereocenters. The van der Waals surface area contributed by atoms with E-state index in [-0.39, 0.29) is 29.6 Å². The Morgan fingerprint density at radius 1 is 0.829 bits per heavy atom. The minimum atomic E-state index is -1.41. The van der Waals surface area contributed by atoms with Crippen molar-refractivity contribution in [2.75, 3.05) is 44.0 Å². The second-order valence-electron chi connectivity index (χ2n) is 9.49. The monoisotopic (exact) mass is 577 g/mol. The highest BCUT2D eigenvalue weighted by Crippen LogP contribution is 2.33. The van der Waals surface area contributed by atoms with Gasteiger partial charge in [0, 0.05) is 43.3 Å². The van der Waals surface area contributed by atoms with E-state index in [0.29, 0.717) is 18.8 Å². The van der Waals surface area contributed by atoms with Crippen molar-refractivity contribution in [3.63, 3.8) is 0 Å². The van der Waals surface area contributed by atoms with Gasteiger partial charge in [-0.25, -0.2) is 9.59 Å². The molecule has 11 nitrogen and oxygen atoms in total. The average Bonchev–Trinajstić information content (AvgIpc) is 3.44. The van der Waals surface area contributed by atoms with Crippen molar-refractivity contribution in [2.45, 2.75) is 11.4 Å². The molecular formula is C29H27N3O8S. The molecule has 2 aliphatic heterocycles. The first-order valence-electron chi connectivity index (χ1n) is 12.8. The first kappa shape index (κ1) is 28.0. The predicted octanol–water partition coefficient (Wildman–Crippen LogP) is 3.50. The summed E-state index contributed by atoms with van der Waals surface area (Å²) in [4.78, 5) is 53.4. The van der Waals surface area contributed by atoms with Crippen molar-refractivity contribution in [3.8, 4) is 11.5 Å². The Morgan fingerprint density at radius 3 is 2.37 bits per heavy atom. The highest BCUT2D eigenvalue weighted by molar-refractivity contribution is 8.00. The van der Waals surface area contributed by atoms with Crippen LogP contribution in [0.15, 0.2) is 65.6 Å². The highest BCUT2D eigenvalue weighted by Gasteiger charge is 2.23. The summed E-state index contributed by atoms with van der Waals surface area (Å²) in [6.07, 6.45) is 0. The number of carbonyl (C=O) groups is 4. The maximum Gasteiger partial charge on any atom is 0.336 e.